The number of hydrogen-bond donors (Lipinski definition) is 0. The van der Waals surface area contributed by atoms with Crippen molar-refractivity contribution in [1.82, 2.24) is 4.57 Å². The topological polar surface area (TPSA) is 57.5 Å². The Kier molecular flexibility index (Phi) is 5.21. The SMILES string of the molecule is COc1ccc2c(c1Cl)c(OC(C)=O)c(C)n2C(=O)c1ccc(C(F)F)s1. The molecule has 5 nitrogen and oxygen atoms in total. The molecule has 0 fully saturated rings. The fourth-order valence-corrected chi connectivity index (χ4v) is 3.91. The van der Waals surface area contributed by atoms with Gasteiger partial charge < -0.3 is 9.47 Å². The Bertz CT molecular complexity index is 1060. The predicted octanol–water partition coefficient (Wildman–Crippen LogP) is 5.22. The summed E-state index contributed by atoms with van der Waals surface area (Å²) < 4.78 is 37.5. The molecule has 2 heterocycles. The first-order valence-electron chi connectivity index (χ1n) is 7.74. The van der Waals surface area contributed by atoms with Crippen molar-refractivity contribution >= 4 is 45.7 Å². The first kappa shape index (κ1) is 19.3. The zero-order valence-corrected chi connectivity index (χ0v) is 16.1. The van der Waals surface area contributed by atoms with E-state index in [1.54, 1.807) is 19.1 Å². The van der Waals surface area contributed by atoms with Crippen molar-refractivity contribution in [2.75, 3.05) is 7.11 Å². The Morgan fingerprint density at radius 2 is 1.93 bits per heavy atom. The molecule has 9 heteroatoms. The molecule has 3 rings (SSSR count). The van der Waals surface area contributed by atoms with Crippen LogP contribution in [0.15, 0.2) is 24.3 Å². The normalized spacial score (nSPS) is 11.2. The highest BCUT2D eigenvalue weighted by molar-refractivity contribution is 7.14. The van der Waals surface area contributed by atoms with Gasteiger partial charge in [-0.3, -0.25) is 14.2 Å². The highest BCUT2D eigenvalue weighted by atomic mass is 35.5. The summed E-state index contributed by atoms with van der Waals surface area (Å²) in [5, 5.41) is 0.517. The van der Waals surface area contributed by atoms with Crippen molar-refractivity contribution in [1.29, 1.82) is 0 Å². The maximum Gasteiger partial charge on any atom is 0.308 e. The quantitative estimate of drug-likeness (QED) is 0.550. The van der Waals surface area contributed by atoms with Gasteiger partial charge in [-0.05, 0) is 31.2 Å². The summed E-state index contributed by atoms with van der Waals surface area (Å²) in [6.07, 6.45) is -2.66. The van der Waals surface area contributed by atoms with Crippen LogP contribution in [-0.4, -0.2) is 23.6 Å². The van der Waals surface area contributed by atoms with Crippen LogP contribution < -0.4 is 9.47 Å². The molecule has 0 aliphatic carbocycles. The number of carbonyl (C=O) groups is 2. The van der Waals surface area contributed by atoms with E-state index in [0.717, 1.165) is 0 Å². The first-order chi connectivity index (χ1) is 12.8. The maximum atomic E-state index is 13.0. The summed E-state index contributed by atoms with van der Waals surface area (Å²) in [4.78, 5) is 24.5. The number of fused-ring (bicyclic) bond motifs is 1. The number of carbonyl (C=O) groups excluding carboxylic acids is 2. The minimum absolute atomic E-state index is 0.125. The fourth-order valence-electron chi connectivity index (χ4n) is 2.80. The molecule has 0 amide bonds. The summed E-state index contributed by atoms with van der Waals surface area (Å²) in [7, 11) is 1.44. The molecule has 1 aromatic carbocycles. The van der Waals surface area contributed by atoms with Gasteiger partial charge in [0.1, 0.15) is 5.75 Å². The first-order valence-corrected chi connectivity index (χ1v) is 8.94. The number of rotatable bonds is 4. The second-order valence-corrected chi connectivity index (χ2v) is 7.12. The Hall–Kier alpha value is -2.45. The van der Waals surface area contributed by atoms with Gasteiger partial charge in [0, 0.05) is 6.92 Å². The standard InChI is InChI=1S/C18H14ClF2NO4S/c1-8-16(26-9(2)23)14-10(4-5-11(25-3)15(14)19)22(8)18(24)13-7-6-12(27-13)17(20)21/h4-7,17H,1-3H3. The summed E-state index contributed by atoms with van der Waals surface area (Å²) in [5.74, 6) is -0.632. The number of halogens is 3. The Morgan fingerprint density at radius 3 is 2.48 bits per heavy atom. The molecule has 142 valence electrons. The third-order valence-corrected chi connectivity index (χ3v) is 5.39. The maximum absolute atomic E-state index is 13.0. The van der Waals surface area contributed by atoms with E-state index in [2.05, 4.69) is 0 Å². The number of esters is 1. The van der Waals surface area contributed by atoms with Gasteiger partial charge in [0.15, 0.2) is 5.75 Å². The lowest BCUT2D eigenvalue weighted by molar-refractivity contribution is -0.131. The third kappa shape index (κ3) is 3.30. The van der Waals surface area contributed by atoms with Crippen molar-refractivity contribution in [2.45, 2.75) is 20.3 Å². The summed E-state index contributed by atoms with van der Waals surface area (Å²) in [5.41, 5.74) is 0.707. The molecular formula is C18H14ClF2NO4S. The molecule has 0 bridgehead atoms. The van der Waals surface area contributed by atoms with E-state index in [1.807, 2.05) is 0 Å². The van der Waals surface area contributed by atoms with Crippen molar-refractivity contribution < 1.29 is 27.8 Å². The molecular weight excluding hydrogens is 400 g/mol. The van der Waals surface area contributed by atoms with E-state index in [1.165, 1.54) is 30.7 Å². The molecule has 0 atom stereocenters. The highest BCUT2D eigenvalue weighted by Gasteiger charge is 2.26. The van der Waals surface area contributed by atoms with E-state index < -0.39 is 18.3 Å². The molecule has 2 aromatic heterocycles. The van der Waals surface area contributed by atoms with E-state index >= 15 is 0 Å². The molecule has 0 aliphatic rings. The molecule has 0 unspecified atom stereocenters. The van der Waals surface area contributed by atoms with Crippen molar-refractivity contribution in [3.8, 4) is 11.5 Å². The number of alkyl halides is 2. The van der Waals surface area contributed by atoms with Crippen molar-refractivity contribution in [3.63, 3.8) is 0 Å². The van der Waals surface area contributed by atoms with Crippen LogP contribution in [0.3, 0.4) is 0 Å². The minimum Gasteiger partial charge on any atom is -0.495 e. The van der Waals surface area contributed by atoms with E-state index in [-0.39, 0.29) is 20.5 Å². The molecule has 3 aromatic rings. The lowest BCUT2D eigenvalue weighted by Crippen LogP contribution is -2.12. The number of methoxy groups -OCH3 is 1. The van der Waals surface area contributed by atoms with Gasteiger partial charge in [0.2, 0.25) is 0 Å². The number of nitrogens with zero attached hydrogens (tertiary/aromatic N) is 1. The van der Waals surface area contributed by atoms with E-state index in [0.29, 0.717) is 33.7 Å². The van der Waals surface area contributed by atoms with Crippen LogP contribution in [0.1, 0.15) is 33.6 Å². The molecule has 27 heavy (non-hydrogen) atoms. The average Bonchev–Trinajstić information content (AvgIpc) is 3.19. The molecule has 0 aliphatic heterocycles. The van der Waals surface area contributed by atoms with Crippen LogP contribution in [0.2, 0.25) is 5.02 Å². The monoisotopic (exact) mass is 413 g/mol. The molecule has 0 saturated heterocycles. The second-order valence-electron chi connectivity index (χ2n) is 5.63. The predicted molar refractivity (Wildman–Crippen MR) is 98.6 cm³/mol. The summed E-state index contributed by atoms with van der Waals surface area (Å²) >= 11 is 7.08. The van der Waals surface area contributed by atoms with Crippen molar-refractivity contribution in [3.05, 3.63) is 44.7 Å². The molecule has 0 spiro atoms. The summed E-state index contributed by atoms with van der Waals surface area (Å²) in [6, 6.07) is 5.73. The van der Waals surface area contributed by atoms with Gasteiger partial charge in [-0.1, -0.05) is 11.6 Å². The zero-order valence-electron chi connectivity index (χ0n) is 14.5. The Labute approximate surface area is 162 Å². The second kappa shape index (κ2) is 7.28. The largest absolute Gasteiger partial charge is 0.495 e. The Morgan fingerprint density at radius 1 is 1.22 bits per heavy atom. The van der Waals surface area contributed by atoms with E-state index in [4.69, 9.17) is 21.1 Å². The van der Waals surface area contributed by atoms with Crippen LogP contribution in [0.4, 0.5) is 8.78 Å². The number of ether oxygens (including phenoxy) is 2. The highest BCUT2D eigenvalue weighted by Crippen LogP contribution is 2.42. The smallest absolute Gasteiger partial charge is 0.308 e. The van der Waals surface area contributed by atoms with Gasteiger partial charge in [-0.25, -0.2) is 8.78 Å². The number of thiophene rings is 1. The lowest BCUT2D eigenvalue weighted by Gasteiger charge is -2.06. The van der Waals surface area contributed by atoms with Gasteiger partial charge >= 0.3 is 5.97 Å². The lowest BCUT2D eigenvalue weighted by atomic mass is 10.2. The van der Waals surface area contributed by atoms with E-state index in [9.17, 15) is 18.4 Å². The van der Waals surface area contributed by atoms with Crippen LogP contribution in [-0.2, 0) is 4.79 Å². The van der Waals surface area contributed by atoms with Gasteiger partial charge in [-0.15, -0.1) is 11.3 Å². The van der Waals surface area contributed by atoms with Gasteiger partial charge in [-0.2, -0.15) is 0 Å². The molecule has 0 N–H and O–H groups in total. The van der Waals surface area contributed by atoms with Crippen LogP contribution in [0.25, 0.3) is 10.9 Å². The fraction of sp³-hybridized carbons (Fsp3) is 0.222. The minimum atomic E-state index is -2.66. The number of hydrogen-bond acceptors (Lipinski definition) is 5. The molecule has 0 saturated carbocycles. The Balaban J connectivity index is 2.26. The average molecular weight is 414 g/mol. The summed E-state index contributed by atoms with van der Waals surface area (Å²) in [6.45, 7) is 2.81. The number of aromatic nitrogens is 1. The zero-order chi connectivity index (χ0) is 19.9. The molecule has 0 radical (unpaired) electrons. The van der Waals surface area contributed by atoms with Crippen LogP contribution >= 0.6 is 22.9 Å². The van der Waals surface area contributed by atoms with Crippen LogP contribution in [0, 0.1) is 6.92 Å². The third-order valence-electron chi connectivity index (χ3n) is 3.94. The van der Waals surface area contributed by atoms with Gasteiger partial charge in [0.05, 0.1) is 38.5 Å². The van der Waals surface area contributed by atoms with Crippen molar-refractivity contribution in [2.24, 2.45) is 0 Å². The van der Waals surface area contributed by atoms with Gasteiger partial charge in [0.25, 0.3) is 12.3 Å². The van der Waals surface area contributed by atoms with Crippen LogP contribution in [0.5, 0.6) is 11.5 Å². The number of benzene rings is 1.